The van der Waals surface area contributed by atoms with Crippen LogP contribution in [0.2, 0.25) is 0 Å². The number of nitrogens with zero attached hydrogens (tertiary/aromatic N) is 7. The van der Waals surface area contributed by atoms with Crippen LogP contribution in [0.4, 0.5) is 11.5 Å². The molecule has 16 nitrogen and oxygen atoms in total. The number of benzene rings is 3. The molecule has 5 aromatic rings. The number of aliphatic imine (C=N–C) groups is 1. The number of phenols is 1. The number of rotatable bonds is 12. The van der Waals surface area contributed by atoms with Crippen molar-refractivity contribution in [2.45, 2.75) is 133 Å². The molecule has 4 unspecified atom stereocenters. The number of hydrogen-bond acceptors (Lipinski definition) is 14. The molecule has 2 aromatic heterocycles. The maximum absolute atomic E-state index is 14.3. The van der Waals surface area contributed by atoms with E-state index < -0.39 is 23.6 Å². The normalized spacial score (nSPS) is 26.3. The number of carbonyl (C=O) groups excluding carboxylic acids is 3. The molecule has 7 N–H and O–H groups in total. The highest BCUT2D eigenvalue weighted by Gasteiger charge is 2.45. The van der Waals surface area contributed by atoms with Gasteiger partial charge >= 0.3 is 0 Å². The van der Waals surface area contributed by atoms with Crippen molar-refractivity contribution >= 4 is 46.5 Å². The van der Waals surface area contributed by atoms with Crippen LogP contribution in [-0.2, 0) is 20.9 Å². The molecule has 5 aliphatic rings. The van der Waals surface area contributed by atoms with Crippen LogP contribution in [-0.4, -0.2) is 114 Å². The number of β-amino-alcohol motifs (C(OH)–C–C–N with tert-alkyl or cyclic N) is 1. The molecule has 73 heavy (non-hydrogen) atoms. The maximum Gasteiger partial charge on any atom is 0.246 e. The van der Waals surface area contributed by atoms with Crippen molar-refractivity contribution < 1.29 is 24.6 Å². The number of aliphatic hydroxyl groups is 1. The number of amides is 3. The van der Waals surface area contributed by atoms with E-state index in [2.05, 4.69) is 79.4 Å². The number of nitrogens with one attached hydrogen (secondary N) is 3. The zero-order chi connectivity index (χ0) is 51.0. The summed E-state index contributed by atoms with van der Waals surface area (Å²) in [6, 6.07) is 24.7. The zero-order valence-corrected chi connectivity index (χ0v) is 42.8. The Morgan fingerprint density at radius 2 is 1.52 bits per heavy atom. The molecule has 2 bridgehead atoms. The number of aromatic nitrogens is 4. The molecule has 17 heteroatoms. The molecule has 0 spiro atoms. The monoisotopic (exact) mass is 1010 g/mol. The summed E-state index contributed by atoms with van der Waals surface area (Å²) in [7, 11) is 0. The predicted octanol–water partition coefficient (Wildman–Crippen LogP) is 6.90. The molecule has 10 rings (SSSR count). The third-order valence-electron chi connectivity index (χ3n) is 15.6. The Labute approximate surface area is 431 Å². The molecular weight excluding hydrogens is 939 g/mol. The fourth-order valence-corrected chi connectivity index (χ4v) is 12.6. The number of nitrogen functional groups attached to an aromatic ring is 1. The molecule has 6 heterocycles. The highest BCUT2D eigenvalue weighted by Crippen LogP contribution is 2.40. The largest absolute Gasteiger partial charge is 0.507 e. The number of aromatic hydroxyl groups is 1. The zero-order valence-electron chi connectivity index (χ0n) is 42.0. The van der Waals surface area contributed by atoms with Crippen molar-refractivity contribution in [1.29, 1.82) is 0 Å². The topological polar surface area (TPSA) is 224 Å². The van der Waals surface area contributed by atoms with E-state index in [1.165, 1.54) is 16.0 Å². The number of anilines is 2. The number of para-hydroxylation sites is 1. The first-order valence-electron chi connectivity index (χ1n) is 25.8. The van der Waals surface area contributed by atoms with Gasteiger partial charge in [-0.15, -0.1) is 22.0 Å². The standard InChI is InChI=1S/C56H67N11O5S/c1-32-49(73-31-61-32)37-11-9-33(10-12-37)25-60-54(71)47-23-43(68)30-67(47)55(72)50(56(2,3)4)63-53(70)38-19-17-35(18-20-38)34-13-15-36(16-14-34)40-26-58-52(59-27-40)39-21-41-28-66(29-42(22-39)62-41)46-24-45(64-65-51(46)57)44-7-5-6-8-48(44)69/h5-16,24,26-27,31-32,35,38-39,41-43,47,49-50,62,68-69H,17-23,25,28-30H2,1-4H3,(H2,57,65)(H,60,71)(H,63,70)/t32?,35?,38?,39?,41?,42?,43-,47+,49?,50-/m1/s1. The van der Waals surface area contributed by atoms with Gasteiger partial charge < -0.3 is 41.7 Å². The number of phenolic OH excluding ortho intramolecular Hbond substituents is 1. The minimum Gasteiger partial charge on any atom is -0.507 e. The number of piperidine rings is 1. The molecular formula is C56H67N11O5S. The van der Waals surface area contributed by atoms with E-state index in [1.807, 2.05) is 69.0 Å². The number of thioether (sulfide) groups is 1. The lowest BCUT2D eigenvalue weighted by molar-refractivity contribution is -0.144. The summed E-state index contributed by atoms with van der Waals surface area (Å²) in [6.07, 6.45) is 8.04. The molecule has 7 atom stereocenters. The van der Waals surface area contributed by atoms with Gasteiger partial charge in [-0.05, 0) is 97.2 Å². The Balaban J connectivity index is 0.701. The molecule has 3 saturated heterocycles. The van der Waals surface area contributed by atoms with Crippen LogP contribution in [0, 0.1) is 11.3 Å². The van der Waals surface area contributed by atoms with Gasteiger partial charge in [0.2, 0.25) is 17.7 Å². The van der Waals surface area contributed by atoms with E-state index in [0.29, 0.717) is 42.4 Å². The molecule has 3 amide bonds. The summed E-state index contributed by atoms with van der Waals surface area (Å²) in [4.78, 5) is 59.9. The average Bonchev–Trinajstić information content (AvgIpc) is 4.02. The van der Waals surface area contributed by atoms with Crippen molar-refractivity contribution in [2.75, 3.05) is 30.3 Å². The van der Waals surface area contributed by atoms with Crippen molar-refractivity contribution in [2.24, 2.45) is 16.3 Å². The molecule has 0 radical (unpaired) electrons. The van der Waals surface area contributed by atoms with E-state index in [0.717, 1.165) is 67.0 Å². The number of aliphatic hydroxyl groups excluding tert-OH is 1. The molecule has 382 valence electrons. The van der Waals surface area contributed by atoms with Crippen LogP contribution in [0.1, 0.15) is 112 Å². The highest BCUT2D eigenvalue weighted by atomic mass is 32.2. The predicted molar refractivity (Wildman–Crippen MR) is 285 cm³/mol. The summed E-state index contributed by atoms with van der Waals surface area (Å²) in [5.74, 6) is 0.860. The first kappa shape index (κ1) is 50.1. The second-order valence-corrected chi connectivity index (χ2v) is 22.9. The minimum absolute atomic E-state index is 0.0317. The van der Waals surface area contributed by atoms with Gasteiger partial charge in [0, 0.05) is 80.0 Å². The van der Waals surface area contributed by atoms with Crippen LogP contribution in [0.3, 0.4) is 0 Å². The molecule has 4 aliphatic heterocycles. The minimum atomic E-state index is -0.870. The average molecular weight is 1010 g/mol. The van der Waals surface area contributed by atoms with Crippen LogP contribution in [0.25, 0.3) is 22.4 Å². The summed E-state index contributed by atoms with van der Waals surface area (Å²) in [6.45, 7) is 9.69. The number of carbonyl (C=O) groups is 3. The van der Waals surface area contributed by atoms with E-state index in [1.54, 1.807) is 23.9 Å². The second kappa shape index (κ2) is 21.2. The third-order valence-corrected chi connectivity index (χ3v) is 16.8. The smallest absolute Gasteiger partial charge is 0.246 e. The molecule has 1 saturated carbocycles. The lowest BCUT2D eigenvalue weighted by Gasteiger charge is -2.46. The van der Waals surface area contributed by atoms with Gasteiger partial charge in [-0.3, -0.25) is 19.4 Å². The SMILES string of the molecule is CC1N=CSC1c1ccc(CNC(=O)[C@@H]2C[C@@H](O)CN2C(=O)[C@@H](NC(=O)C2CCC(c3ccc(-c4cnc(C5CC6CN(c7cc(-c8ccccc8O)nnc7N)CC(C5)N6)nc4)cc3)CC2)C(C)(C)C)cc1. The van der Waals surface area contributed by atoms with E-state index in [-0.39, 0.29) is 71.6 Å². The van der Waals surface area contributed by atoms with Crippen molar-refractivity contribution in [3.63, 3.8) is 0 Å². The van der Waals surface area contributed by atoms with Gasteiger partial charge in [0.05, 0.1) is 34.3 Å². The van der Waals surface area contributed by atoms with E-state index >= 15 is 0 Å². The number of nitrogens with two attached hydrogens (primary N) is 1. The van der Waals surface area contributed by atoms with Gasteiger partial charge in [-0.2, -0.15) is 0 Å². The molecule has 3 aromatic carbocycles. The number of fused-ring (bicyclic) bond motifs is 2. The van der Waals surface area contributed by atoms with Gasteiger partial charge in [0.1, 0.15) is 23.7 Å². The summed E-state index contributed by atoms with van der Waals surface area (Å²) < 4.78 is 0. The first-order valence-corrected chi connectivity index (χ1v) is 26.8. The summed E-state index contributed by atoms with van der Waals surface area (Å²) in [5, 5.41) is 39.8. The fourth-order valence-electron chi connectivity index (χ4n) is 11.6. The van der Waals surface area contributed by atoms with Crippen molar-refractivity contribution in [3.8, 4) is 28.1 Å². The Hall–Kier alpha value is -6.43. The Kier molecular flexibility index (Phi) is 14.6. The number of piperazine rings is 1. The van der Waals surface area contributed by atoms with E-state index in [9.17, 15) is 24.6 Å². The summed E-state index contributed by atoms with van der Waals surface area (Å²) in [5.41, 5.74) is 15.0. The first-order chi connectivity index (χ1) is 35.1. The van der Waals surface area contributed by atoms with E-state index in [4.69, 9.17) is 15.7 Å². The Bertz CT molecular complexity index is 2800. The molecule has 1 aliphatic carbocycles. The number of hydrogen-bond donors (Lipinski definition) is 6. The maximum atomic E-state index is 14.3. The van der Waals surface area contributed by atoms with Crippen molar-refractivity contribution in [3.05, 3.63) is 114 Å². The van der Waals surface area contributed by atoms with Gasteiger partial charge in [0.15, 0.2) is 5.82 Å². The third kappa shape index (κ3) is 11.1. The Morgan fingerprint density at radius 1 is 0.836 bits per heavy atom. The van der Waals surface area contributed by atoms with Crippen LogP contribution >= 0.6 is 11.8 Å². The highest BCUT2D eigenvalue weighted by molar-refractivity contribution is 8.12. The fraction of sp³-hybridized carbons (Fsp3) is 0.464. The van der Waals surface area contributed by atoms with Crippen molar-refractivity contribution in [1.82, 2.24) is 41.0 Å². The Morgan fingerprint density at radius 3 is 2.18 bits per heavy atom. The second-order valence-electron chi connectivity index (χ2n) is 21.9. The quantitative estimate of drug-likeness (QED) is 0.0750. The summed E-state index contributed by atoms with van der Waals surface area (Å²) >= 11 is 1.71. The van der Waals surface area contributed by atoms with Crippen LogP contribution in [0.15, 0.2) is 96.2 Å². The van der Waals surface area contributed by atoms with Gasteiger partial charge in [0.25, 0.3) is 0 Å². The van der Waals surface area contributed by atoms with Gasteiger partial charge in [-0.25, -0.2) is 9.97 Å². The lowest BCUT2D eigenvalue weighted by Crippen LogP contribution is -2.60. The molecule has 4 fully saturated rings. The lowest BCUT2D eigenvalue weighted by atomic mass is 9.77. The number of likely N-dealkylation sites (tertiary alicyclic amines) is 1. The van der Waals surface area contributed by atoms with Gasteiger partial charge in [-0.1, -0.05) is 81.4 Å². The van der Waals surface area contributed by atoms with Crippen LogP contribution in [0.5, 0.6) is 5.75 Å². The van der Waals surface area contributed by atoms with Crippen LogP contribution < -0.4 is 26.6 Å².